The Morgan fingerprint density at radius 1 is 1.09 bits per heavy atom. The summed E-state index contributed by atoms with van der Waals surface area (Å²) >= 11 is 0. The van der Waals surface area contributed by atoms with E-state index >= 15 is 0 Å². The van der Waals surface area contributed by atoms with Crippen LogP contribution in [0.5, 0.6) is 0 Å². The highest BCUT2D eigenvalue weighted by molar-refractivity contribution is 5.91. The molecule has 3 aromatic rings. The van der Waals surface area contributed by atoms with Crippen molar-refractivity contribution < 1.29 is 34.4 Å². The maximum Gasteiger partial charge on any atom is 0.319 e. The average Bonchev–Trinajstić information content (AvgIpc) is 3.13. The van der Waals surface area contributed by atoms with Crippen LogP contribution >= 0.6 is 0 Å². The summed E-state index contributed by atoms with van der Waals surface area (Å²) in [6.45, 7) is 4.03. The van der Waals surface area contributed by atoms with Gasteiger partial charge in [-0.15, -0.1) is 0 Å². The molecule has 0 saturated heterocycles. The van der Waals surface area contributed by atoms with Crippen molar-refractivity contribution in [3.8, 4) is 22.4 Å². The first kappa shape index (κ1) is 31.8. The lowest BCUT2D eigenvalue weighted by Crippen LogP contribution is -2.30. The van der Waals surface area contributed by atoms with E-state index in [4.69, 9.17) is 15.2 Å². The fourth-order valence-corrected chi connectivity index (χ4v) is 5.44. The number of amides is 2. The predicted octanol–water partition coefficient (Wildman–Crippen LogP) is 4.88. The smallest absolute Gasteiger partial charge is 0.319 e. The van der Waals surface area contributed by atoms with Crippen molar-refractivity contribution in [2.75, 3.05) is 18.5 Å². The zero-order valence-corrected chi connectivity index (χ0v) is 24.3. The van der Waals surface area contributed by atoms with Gasteiger partial charge in [0.1, 0.15) is 5.82 Å². The van der Waals surface area contributed by atoms with Gasteiger partial charge in [-0.1, -0.05) is 44.2 Å². The summed E-state index contributed by atoms with van der Waals surface area (Å²) < 4.78 is 14.0. The molecule has 1 aliphatic rings. The van der Waals surface area contributed by atoms with Crippen molar-refractivity contribution >= 4 is 23.8 Å². The molecule has 0 radical (unpaired) electrons. The summed E-state index contributed by atoms with van der Waals surface area (Å²) in [6, 6.07) is 11.5. The maximum atomic E-state index is 14.0. The van der Waals surface area contributed by atoms with E-state index in [1.165, 1.54) is 18.2 Å². The number of nitrogens with one attached hydrogen (secondary N) is 2. The maximum absolute atomic E-state index is 14.0. The Bertz CT molecular complexity index is 1490. The van der Waals surface area contributed by atoms with Crippen molar-refractivity contribution in [3.05, 3.63) is 76.7 Å². The highest BCUT2D eigenvalue weighted by Crippen LogP contribution is 2.42. The summed E-state index contributed by atoms with van der Waals surface area (Å²) in [7, 11) is 0. The number of halogens is 1. The van der Waals surface area contributed by atoms with Crippen LogP contribution in [-0.4, -0.2) is 62.8 Å². The first-order valence-electron chi connectivity index (χ1n) is 14.4. The largest absolute Gasteiger partial charge is 0.481 e. The number of fused-ring (bicyclic) bond motifs is 3. The van der Waals surface area contributed by atoms with Gasteiger partial charge < -0.3 is 31.1 Å². The van der Waals surface area contributed by atoms with E-state index in [0.29, 0.717) is 12.1 Å². The number of nitrogens with zero attached hydrogens (tertiary/aromatic N) is 1. The minimum Gasteiger partial charge on any atom is -0.481 e. The van der Waals surface area contributed by atoms with Gasteiger partial charge in [0, 0.05) is 29.8 Å². The van der Waals surface area contributed by atoms with Crippen LogP contribution in [0.4, 0.5) is 14.9 Å². The van der Waals surface area contributed by atoms with Crippen LogP contribution in [0.3, 0.4) is 0 Å². The number of carbonyl (C=O) groups excluding carboxylic acids is 1. The number of rotatable bonds is 11. The van der Waals surface area contributed by atoms with E-state index in [1.54, 1.807) is 18.2 Å². The van der Waals surface area contributed by atoms with Gasteiger partial charge in [0.25, 0.3) is 0 Å². The molecule has 228 valence electrons. The third kappa shape index (κ3) is 8.04. The van der Waals surface area contributed by atoms with Gasteiger partial charge in [-0.2, -0.15) is 0 Å². The molecule has 0 saturated carbocycles. The van der Waals surface area contributed by atoms with Gasteiger partial charge in [-0.05, 0) is 71.7 Å². The van der Waals surface area contributed by atoms with Gasteiger partial charge >= 0.3 is 12.0 Å². The Hall–Kier alpha value is -4.12. The monoisotopic (exact) mass is 591 g/mol. The van der Waals surface area contributed by atoms with E-state index in [-0.39, 0.29) is 31.3 Å². The number of benzene rings is 2. The molecule has 6 N–H and O–H groups in total. The summed E-state index contributed by atoms with van der Waals surface area (Å²) in [4.78, 5) is 28.3. The second-order valence-electron chi connectivity index (χ2n) is 11.0. The average molecular weight is 592 g/mol. The molecule has 43 heavy (non-hydrogen) atoms. The van der Waals surface area contributed by atoms with E-state index in [0.717, 1.165) is 57.6 Å². The standard InChI is InChI=1S/C33H38FN3O6/c1-19(2)31-28(13-11-24(39)17-25(40)18-29(41)42)30(20-6-8-22(34)9-7-20)27-5-3-4-21-16-23(36-33(43)35-14-15-38)10-12-26(21)32(27)37-31/h6-13,16,19,24-25,38-40H,3-5,14-15,17-18H2,1-2H3,(H,41,42)(H2,35,36,43)/b13-11+/t24-,25-/m1/s1. The molecule has 1 aliphatic carbocycles. The van der Waals surface area contributed by atoms with Crippen molar-refractivity contribution in [1.29, 1.82) is 0 Å². The van der Waals surface area contributed by atoms with Crippen molar-refractivity contribution in [2.45, 2.75) is 64.1 Å². The number of aliphatic hydroxyl groups excluding tert-OH is 3. The molecule has 0 fully saturated rings. The molecule has 0 bridgehead atoms. The van der Waals surface area contributed by atoms with Crippen LogP contribution in [0.1, 0.15) is 61.4 Å². The van der Waals surface area contributed by atoms with Crippen molar-refractivity contribution in [3.63, 3.8) is 0 Å². The Morgan fingerprint density at radius 3 is 2.51 bits per heavy atom. The Kier molecular flexibility index (Phi) is 10.6. The molecule has 2 amide bonds. The van der Waals surface area contributed by atoms with Gasteiger partial charge in [0.15, 0.2) is 0 Å². The zero-order valence-electron chi connectivity index (χ0n) is 24.3. The first-order valence-corrected chi connectivity index (χ1v) is 14.4. The van der Waals surface area contributed by atoms with Crippen LogP contribution in [-0.2, 0) is 17.6 Å². The lowest BCUT2D eigenvalue weighted by molar-refractivity contribution is -0.139. The molecular formula is C33H38FN3O6. The molecule has 9 nitrogen and oxygen atoms in total. The Balaban J connectivity index is 1.84. The Morgan fingerprint density at radius 2 is 1.84 bits per heavy atom. The fourth-order valence-electron chi connectivity index (χ4n) is 5.44. The number of hydrogen-bond donors (Lipinski definition) is 6. The van der Waals surface area contributed by atoms with Gasteiger partial charge in [0.2, 0.25) is 0 Å². The van der Waals surface area contributed by atoms with E-state index in [2.05, 4.69) is 10.6 Å². The highest BCUT2D eigenvalue weighted by Gasteiger charge is 2.26. The number of anilines is 1. The second kappa shape index (κ2) is 14.4. The van der Waals surface area contributed by atoms with Crippen molar-refractivity contribution in [2.24, 2.45) is 0 Å². The number of hydrogen-bond acceptors (Lipinski definition) is 6. The molecule has 2 atom stereocenters. The van der Waals surface area contributed by atoms with E-state index in [1.807, 2.05) is 32.0 Å². The van der Waals surface area contributed by atoms with Crippen LogP contribution < -0.4 is 10.6 Å². The SMILES string of the molecule is CC(C)c1nc2c(c(-c3ccc(F)cc3)c1/C=C/[C@@H](O)C[C@@H](O)CC(=O)O)CCCc1cc(NC(=O)NCCO)ccc1-2. The molecule has 0 unspecified atom stereocenters. The number of urea groups is 1. The topological polar surface area (TPSA) is 152 Å². The molecule has 1 heterocycles. The minimum atomic E-state index is -1.19. The lowest BCUT2D eigenvalue weighted by atomic mass is 9.86. The zero-order chi connectivity index (χ0) is 31.1. The van der Waals surface area contributed by atoms with E-state index < -0.39 is 30.6 Å². The highest BCUT2D eigenvalue weighted by atomic mass is 19.1. The fraction of sp³-hybridized carbons (Fsp3) is 0.364. The molecule has 0 aliphatic heterocycles. The third-order valence-corrected chi connectivity index (χ3v) is 7.34. The molecular weight excluding hydrogens is 553 g/mol. The number of aryl methyl sites for hydroxylation is 1. The predicted molar refractivity (Wildman–Crippen MR) is 163 cm³/mol. The summed E-state index contributed by atoms with van der Waals surface area (Å²) in [6.07, 6.45) is 2.65. The van der Waals surface area contributed by atoms with Gasteiger partial charge in [-0.3, -0.25) is 9.78 Å². The normalized spacial score (nSPS) is 14.1. The number of carboxylic acid groups (broad SMARTS) is 1. The molecule has 1 aromatic heterocycles. The second-order valence-corrected chi connectivity index (χ2v) is 11.0. The first-order chi connectivity index (χ1) is 20.6. The third-order valence-electron chi connectivity index (χ3n) is 7.34. The molecule has 10 heteroatoms. The number of carboxylic acids is 1. The number of aliphatic carboxylic acids is 1. The van der Waals surface area contributed by atoms with Crippen molar-refractivity contribution in [1.82, 2.24) is 10.3 Å². The number of pyridine rings is 1. The van der Waals surface area contributed by atoms with Crippen LogP contribution in [0, 0.1) is 5.82 Å². The summed E-state index contributed by atoms with van der Waals surface area (Å²) in [5, 5.41) is 43.9. The van der Waals surface area contributed by atoms with E-state index in [9.17, 15) is 24.2 Å². The summed E-state index contributed by atoms with van der Waals surface area (Å²) in [5.41, 5.74) is 7.59. The van der Waals surface area contributed by atoms with Gasteiger partial charge in [-0.25, -0.2) is 9.18 Å². The minimum absolute atomic E-state index is 0.0262. The van der Waals surface area contributed by atoms with Crippen LogP contribution in [0.25, 0.3) is 28.5 Å². The quantitative estimate of drug-likeness (QED) is 0.186. The van der Waals surface area contributed by atoms with Crippen LogP contribution in [0.2, 0.25) is 0 Å². The summed E-state index contributed by atoms with van der Waals surface area (Å²) in [5.74, 6) is -1.53. The molecule has 2 aromatic carbocycles. The molecule has 0 spiro atoms. The van der Waals surface area contributed by atoms with Crippen LogP contribution in [0.15, 0.2) is 48.5 Å². The number of aromatic nitrogens is 1. The van der Waals surface area contributed by atoms with Gasteiger partial charge in [0.05, 0.1) is 36.6 Å². The Labute approximate surface area is 250 Å². The number of aliphatic hydroxyl groups is 3. The molecule has 4 rings (SSSR count). The lowest BCUT2D eigenvalue weighted by Gasteiger charge is -2.22. The number of carbonyl (C=O) groups is 2.